The molecule has 2 heterocycles. The Labute approximate surface area is 215 Å². The quantitative estimate of drug-likeness (QED) is 0.207. The van der Waals surface area contributed by atoms with Crippen LogP contribution >= 0.6 is 0 Å². The average Bonchev–Trinajstić information content (AvgIpc) is 3.23. The molecule has 0 saturated carbocycles. The zero-order chi connectivity index (χ0) is 27.2. The summed E-state index contributed by atoms with van der Waals surface area (Å²) in [5.74, 6) is 0.121. The molecule has 0 fully saturated rings. The monoisotopic (exact) mass is 529 g/mol. The van der Waals surface area contributed by atoms with E-state index in [4.69, 9.17) is 10.8 Å². The van der Waals surface area contributed by atoms with Gasteiger partial charge in [0.1, 0.15) is 11.5 Å². The Bertz CT molecular complexity index is 1420. The molecular weight excluding hydrogens is 498 g/mol. The van der Waals surface area contributed by atoms with E-state index in [1.165, 1.54) is 12.1 Å². The highest BCUT2D eigenvalue weighted by Gasteiger charge is 2.21. The first-order valence-corrected chi connectivity index (χ1v) is 13.0. The number of nitrogens with zero attached hydrogens (tertiary/aromatic N) is 3. The van der Waals surface area contributed by atoms with E-state index < -0.39 is 21.5 Å². The number of rotatable bonds is 9. The van der Waals surface area contributed by atoms with Crippen molar-refractivity contribution in [1.82, 2.24) is 19.4 Å². The van der Waals surface area contributed by atoms with Crippen LogP contribution in [0.5, 0.6) is 0 Å². The van der Waals surface area contributed by atoms with Crippen LogP contribution in [-0.4, -0.2) is 60.4 Å². The molecule has 3 aromatic rings. The fourth-order valence-electron chi connectivity index (χ4n) is 3.15. The molecule has 0 atom stereocenters. The summed E-state index contributed by atoms with van der Waals surface area (Å²) in [4.78, 5) is 32.4. The number of carbonyl (C=O) groups is 2. The molecule has 0 aliphatic carbocycles. The van der Waals surface area contributed by atoms with E-state index in [2.05, 4.69) is 25.3 Å². The first kappa shape index (κ1) is 27.8. The fourth-order valence-corrected chi connectivity index (χ4v) is 4.21. The van der Waals surface area contributed by atoms with Crippen LogP contribution in [0.1, 0.15) is 27.2 Å². The van der Waals surface area contributed by atoms with E-state index in [0.717, 1.165) is 5.56 Å². The van der Waals surface area contributed by atoms with Gasteiger partial charge in [-0.05, 0) is 35.4 Å². The summed E-state index contributed by atoms with van der Waals surface area (Å²) in [5.41, 5.74) is 7.12. The van der Waals surface area contributed by atoms with Crippen molar-refractivity contribution in [2.45, 2.75) is 32.1 Å². The molecule has 12 nitrogen and oxygen atoms in total. The van der Waals surface area contributed by atoms with Crippen molar-refractivity contribution >= 4 is 39.3 Å². The minimum atomic E-state index is -3.75. The SMILES string of the molecule is CC(C)(C)C(=O)N=C(N)CCNC(=O)Nc1cn2cc(-c3cccc(S(=O)(=O)NCCO)c3)ccc2n1. The minimum absolute atomic E-state index is 0.0746. The Kier molecular flexibility index (Phi) is 8.63. The number of hydrogen-bond acceptors (Lipinski definition) is 6. The number of benzene rings is 1. The van der Waals surface area contributed by atoms with Gasteiger partial charge in [0.25, 0.3) is 5.91 Å². The van der Waals surface area contributed by atoms with E-state index in [1.807, 2.05) is 0 Å². The van der Waals surface area contributed by atoms with Crippen molar-refractivity contribution in [3.63, 3.8) is 0 Å². The predicted octanol–water partition coefficient (Wildman–Crippen LogP) is 1.71. The molecule has 0 radical (unpaired) electrons. The third-order valence-electron chi connectivity index (χ3n) is 5.13. The van der Waals surface area contributed by atoms with E-state index in [1.54, 1.807) is 61.8 Å². The van der Waals surface area contributed by atoms with Gasteiger partial charge in [-0.3, -0.25) is 10.1 Å². The lowest BCUT2D eigenvalue weighted by Gasteiger charge is -2.13. The molecule has 2 aromatic heterocycles. The number of pyridine rings is 1. The lowest BCUT2D eigenvalue weighted by atomic mass is 9.96. The number of fused-ring (bicyclic) bond motifs is 1. The van der Waals surface area contributed by atoms with Gasteiger partial charge in [0.15, 0.2) is 5.82 Å². The van der Waals surface area contributed by atoms with Gasteiger partial charge >= 0.3 is 6.03 Å². The molecule has 0 unspecified atom stereocenters. The third-order valence-corrected chi connectivity index (χ3v) is 6.59. The number of aliphatic hydroxyl groups excluding tert-OH is 1. The molecule has 0 aliphatic rings. The van der Waals surface area contributed by atoms with E-state index in [-0.39, 0.29) is 42.8 Å². The number of aliphatic imine (C=N–C) groups is 1. The normalized spacial score (nSPS) is 12.5. The Morgan fingerprint density at radius 1 is 1.11 bits per heavy atom. The van der Waals surface area contributed by atoms with Crippen LogP contribution in [0, 0.1) is 5.41 Å². The maximum Gasteiger partial charge on any atom is 0.320 e. The van der Waals surface area contributed by atoms with Gasteiger partial charge in [0.2, 0.25) is 10.0 Å². The summed E-state index contributed by atoms with van der Waals surface area (Å²) in [6.45, 7) is 5.05. The minimum Gasteiger partial charge on any atom is -0.395 e. The van der Waals surface area contributed by atoms with Crippen molar-refractivity contribution < 1.29 is 23.1 Å². The largest absolute Gasteiger partial charge is 0.395 e. The van der Waals surface area contributed by atoms with Crippen molar-refractivity contribution in [2.24, 2.45) is 16.1 Å². The van der Waals surface area contributed by atoms with Gasteiger partial charge in [-0.15, -0.1) is 0 Å². The number of aliphatic hydroxyl groups is 1. The smallest absolute Gasteiger partial charge is 0.320 e. The van der Waals surface area contributed by atoms with Gasteiger partial charge in [-0.2, -0.15) is 0 Å². The summed E-state index contributed by atoms with van der Waals surface area (Å²) in [7, 11) is -3.75. The Morgan fingerprint density at radius 2 is 1.86 bits per heavy atom. The van der Waals surface area contributed by atoms with E-state index >= 15 is 0 Å². The zero-order valence-electron chi connectivity index (χ0n) is 20.9. The number of imidazole rings is 1. The van der Waals surface area contributed by atoms with Crippen molar-refractivity contribution in [2.75, 3.05) is 25.0 Å². The first-order chi connectivity index (χ1) is 17.4. The number of urea groups is 1. The molecule has 6 N–H and O–H groups in total. The predicted molar refractivity (Wildman–Crippen MR) is 141 cm³/mol. The van der Waals surface area contributed by atoms with Gasteiger partial charge < -0.3 is 20.6 Å². The lowest BCUT2D eigenvalue weighted by molar-refractivity contribution is -0.124. The van der Waals surface area contributed by atoms with Crippen LogP contribution in [0.2, 0.25) is 0 Å². The number of amidine groups is 1. The van der Waals surface area contributed by atoms with Gasteiger partial charge in [-0.25, -0.2) is 27.9 Å². The summed E-state index contributed by atoms with van der Waals surface area (Å²) in [5, 5.41) is 14.2. The Balaban J connectivity index is 1.65. The van der Waals surface area contributed by atoms with Crippen molar-refractivity contribution in [3.8, 4) is 11.1 Å². The van der Waals surface area contributed by atoms with Crippen molar-refractivity contribution in [3.05, 3.63) is 48.8 Å². The maximum absolute atomic E-state index is 12.4. The average molecular weight is 530 g/mol. The molecule has 0 spiro atoms. The maximum atomic E-state index is 12.4. The van der Waals surface area contributed by atoms with Gasteiger partial charge in [-0.1, -0.05) is 32.9 Å². The number of carbonyl (C=O) groups excluding carboxylic acids is 2. The highest BCUT2D eigenvalue weighted by atomic mass is 32.2. The molecule has 0 bridgehead atoms. The number of aromatic nitrogens is 2. The number of amides is 3. The first-order valence-electron chi connectivity index (χ1n) is 11.5. The second-order valence-corrected chi connectivity index (χ2v) is 11.0. The fraction of sp³-hybridized carbons (Fsp3) is 0.333. The molecule has 3 rings (SSSR count). The molecule has 37 heavy (non-hydrogen) atoms. The van der Waals surface area contributed by atoms with Crippen LogP contribution in [-0.2, 0) is 14.8 Å². The van der Waals surface area contributed by atoms with Crippen molar-refractivity contribution in [1.29, 1.82) is 0 Å². The summed E-state index contributed by atoms with van der Waals surface area (Å²) >= 11 is 0. The molecule has 13 heteroatoms. The number of hydrogen-bond donors (Lipinski definition) is 5. The number of nitrogens with one attached hydrogen (secondary N) is 3. The standard InChI is InChI=1S/C24H31N7O5S/c1-24(2,3)22(33)28-19(25)9-10-26-23(34)30-20-15-31-14-17(7-8-21(31)29-20)16-5-4-6-18(13-16)37(35,36)27-11-12-32/h4-8,13-15,27,32H,9-12H2,1-3H3,(H2,25,28,33)(H2,26,30,34). The molecule has 198 valence electrons. The molecule has 1 aromatic carbocycles. The Morgan fingerprint density at radius 3 is 2.57 bits per heavy atom. The lowest BCUT2D eigenvalue weighted by Crippen LogP contribution is -2.32. The molecule has 0 aliphatic heterocycles. The number of nitrogens with two attached hydrogens (primary N) is 1. The van der Waals surface area contributed by atoms with Crippen LogP contribution in [0.3, 0.4) is 0 Å². The highest BCUT2D eigenvalue weighted by molar-refractivity contribution is 7.89. The third kappa shape index (κ3) is 7.59. The van der Waals surface area contributed by atoms with Crippen LogP contribution in [0.4, 0.5) is 10.6 Å². The molecule has 0 saturated heterocycles. The van der Waals surface area contributed by atoms with Crippen LogP contribution < -0.4 is 21.1 Å². The zero-order valence-corrected chi connectivity index (χ0v) is 21.7. The summed E-state index contributed by atoms with van der Waals surface area (Å²) in [6.07, 6.45) is 3.61. The van der Waals surface area contributed by atoms with Gasteiger partial charge in [0.05, 0.1) is 17.7 Å². The van der Waals surface area contributed by atoms with Crippen LogP contribution in [0.25, 0.3) is 16.8 Å². The van der Waals surface area contributed by atoms with E-state index in [0.29, 0.717) is 17.0 Å². The van der Waals surface area contributed by atoms with Gasteiger partial charge in [0, 0.05) is 31.1 Å². The van der Waals surface area contributed by atoms with E-state index in [9.17, 15) is 18.0 Å². The topological polar surface area (TPSA) is 180 Å². The van der Waals surface area contributed by atoms with Crippen LogP contribution in [0.15, 0.2) is 58.7 Å². The second-order valence-electron chi connectivity index (χ2n) is 9.25. The molecule has 3 amide bonds. The number of sulfonamides is 1. The second kappa shape index (κ2) is 11.5. The number of anilines is 1. The Hall–Kier alpha value is -3.81. The summed E-state index contributed by atoms with van der Waals surface area (Å²) < 4.78 is 28.8. The highest BCUT2D eigenvalue weighted by Crippen LogP contribution is 2.24. The summed E-state index contributed by atoms with van der Waals surface area (Å²) in [6, 6.07) is 9.46. The molecular formula is C24H31N7O5S.